The van der Waals surface area contributed by atoms with Gasteiger partial charge in [0.15, 0.2) is 24.7 Å². The molecular formula is C20H22ClNO6. The summed E-state index contributed by atoms with van der Waals surface area (Å²) in [7, 11) is 3.08. The summed E-state index contributed by atoms with van der Waals surface area (Å²) >= 11 is 5.99. The summed E-state index contributed by atoms with van der Waals surface area (Å²) in [6.07, 6.45) is 0. The minimum Gasteiger partial charge on any atom is -0.493 e. The maximum absolute atomic E-state index is 11.9. The molecule has 0 saturated heterocycles. The fourth-order valence-electron chi connectivity index (χ4n) is 2.29. The molecule has 8 heteroatoms. The molecule has 0 unspecified atom stereocenters. The number of hydrogen-bond donors (Lipinski definition) is 1. The smallest absolute Gasteiger partial charge is 0.344 e. The lowest BCUT2D eigenvalue weighted by Gasteiger charge is -2.11. The lowest BCUT2D eigenvalue weighted by molar-refractivity contribution is -0.150. The standard InChI is InChI=1S/C20H22ClNO6/c1-13-4-6-15(21)17(8-13)27-12-20(24)28-11-19(23)22-10-14-5-7-16(25-2)18(9-14)26-3/h4-9H,10-12H2,1-3H3,(H,22,23). The first-order chi connectivity index (χ1) is 13.4. The molecule has 1 amide bonds. The molecule has 0 bridgehead atoms. The summed E-state index contributed by atoms with van der Waals surface area (Å²) < 4.78 is 20.6. The van der Waals surface area contributed by atoms with Gasteiger partial charge in [0, 0.05) is 6.54 Å². The molecule has 0 aromatic heterocycles. The number of amides is 1. The Hall–Kier alpha value is -2.93. The molecular weight excluding hydrogens is 386 g/mol. The van der Waals surface area contributed by atoms with Gasteiger partial charge in [-0.3, -0.25) is 4.79 Å². The molecule has 0 saturated carbocycles. The lowest BCUT2D eigenvalue weighted by Crippen LogP contribution is -2.29. The van der Waals surface area contributed by atoms with Gasteiger partial charge in [-0.05, 0) is 42.3 Å². The number of rotatable bonds is 9. The van der Waals surface area contributed by atoms with E-state index in [4.69, 9.17) is 30.5 Å². The molecule has 0 atom stereocenters. The average molecular weight is 408 g/mol. The molecule has 0 radical (unpaired) electrons. The van der Waals surface area contributed by atoms with Crippen LogP contribution in [0.4, 0.5) is 0 Å². The number of aryl methyl sites for hydroxylation is 1. The van der Waals surface area contributed by atoms with Crippen LogP contribution in [-0.4, -0.2) is 39.3 Å². The highest BCUT2D eigenvalue weighted by atomic mass is 35.5. The van der Waals surface area contributed by atoms with E-state index in [1.54, 1.807) is 37.4 Å². The van der Waals surface area contributed by atoms with Gasteiger partial charge >= 0.3 is 5.97 Å². The zero-order chi connectivity index (χ0) is 20.5. The number of methoxy groups -OCH3 is 2. The van der Waals surface area contributed by atoms with E-state index >= 15 is 0 Å². The second-order valence-electron chi connectivity index (χ2n) is 5.85. The highest BCUT2D eigenvalue weighted by Crippen LogP contribution is 2.27. The maximum Gasteiger partial charge on any atom is 0.344 e. The van der Waals surface area contributed by atoms with E-state index in [1.807, 2.05) is 13.0 Å². The van der Waals surface area contributed by atoms with Crippen LogP contribution >= 0.6 is 11.6 Å². The van der Waals surface area contributed by atoms with Crippen molar-refractivity contribution >= 4 is 23.5 Å². The molecule has 2 aromatic carbocycles. The lowest BCUT2D eigenvalue weighted by atomic mass is 10.2. The van der Waals surface area contributed by atoms with Crippen molar-refractivity contribution in [1.82, 2.24) is 5.32 Å². The van der Waals surface area contributed by atoms with Gasteiger partial charge in [-0.15, -0.1) is 0 Å². The van der Waals surface area contributed by atoms with E-state index in [0.717, 1.165) is 11.1 Å². The van der Waals surface area contributed by atoms with E-state index in [9.17, 15) is 9.59 Å². The third-order valence-corrected chi connectivity index (χ3v) is 4.05. The summed E-state index contributed by atoms with van der Waals surface area (Å²) in [5.41, 5.74) is 1.76. The molecule has 0 fully saturated rings. The Morgan fingerprint density at radius 2 is 1.71 bits per heavy atom. The second kappa shape index (κ2) is 10.4. The van der Waals surface area contributed by atoms with Crippen molar-refractivity contribution in [2.45, 2.75) is 13.5 Å². The minimum atomic E-state index is -0.668. The highest BCUT2D eigenvalue weighted by Gasteiger charge is 2.11. The first-order valence-corrected chi connectivity index (χ1v) is 8.83. The van der Waals surface area contributed by atoms with Gasteiger partial charge in [-0.25, -0.2) is 4.79 Å². The minimum absolute atomic E-state index is 0.256. The van der Waals surface area contributed by atoms with Crippen molar-refractivity contribution in [1.29, 1.82) is 0 Å². The second-order valence-corrected chi connectivity index (χ2v) is 6.26. The SMILES string of the molecule is COc1ccc(CNC(=O)COC(=O)COc2cc(C)ccc2Cl)cc1OC. The molecule has 0 spiro atoms. The predicted molar refractivity (Wildman–Crippen MR) is 104 cm³/mol. The molecule has 2 aromatic rings. The topological polar surface area (TPSA) is 83.1 Å². The van der Waals surface area contributed by atoms with Crippen LogP contribution in [-0.2, 0) is 20.9 Å². The van der Waals surface area contributed by atoms with Gasteiger partial charge in [-0.1, -0.05) is 23.7 Å². The van der Waals surface area contributed by atoms with Crippen LogP contribution in [0.2, 0.25) is 5.02 Å². The monoisotopic (exact) mass is 407 g/mol. The van der Waals surface area contributed by atoms with Crippen LogP contribution in [0.1, 0.15) is 11.1 Å². The van der Waals surface area contributed by atoms with Gasteiger partial charge in [0.05, 0.1) is 19.2 Å². The Kier molecular flexibility index (Phi) is 7.95. The van der Waals surface area contributed by atoms with Crippen LogP contribution in [0.15, 0.2) is 36.4 Å². The first kappa shape index (κ1) is 21.4. The van der Waals surface area contributed by atoms with Crippen LogP contribution in [0.3, 0.4) is 0 Å². The Morgan fingerprint density at radius 1 is 0.964 bits per heavy atom. The molecule has 0 aliphatic rings. The van der Waals surface area contributed by atoms with Crippen molar-refractivity contribution < 1.29 is 28.5 Å². The molecule has 1 N–H and O–H groups in total. The number of halogens is 1. The third-order valence-electron chi connectivity index (χ3n) is 3.73. The molecule has 0 aliphatic heterocycles. The Balaban J connectivity index is 1.74. The van der Waals surface area contributed by atoms with Gasteiger partial charge < -0.3 is 24.3 Å². The molecule has 28 heavy (non-hydrogen) atoms. The van der Waals surface area contributed by atoms with Crippen LogP contribution < -0.4 is 19.5 Å². The van der Waals surface area contributed by atoms with Crippen molar-refractivity contribution in [3.63, 3.8) is 0 Å². The third kappa shape index (κ3) is 6.35. The van der Waals surface area contributed by atoms with Crippen molar-refractivity contribution in [3.05, 3.63) is 52.5 Å². The molecule has 0 aliphatic carbocycles. The largest absolute Gasteiger partial charge is 0.493 e. The predicted octanol–water partition coefficient (Wildman–Crippen LogP) is 2.90. The van der Waals surface area contributed by atoms with Crippen LogP contribution in [0, 0.1) is 6.92 Å². The fourth-order valence-corrected chi connectivity index (χ4v) is 2.46. The zero-order valence-electron chi connectivity index (χ0n) is 15.9. The highest BCUT2D eigenvalue weighted by molar-refractivity contribution is 6.32. The summed E-state index contributed by atoms with van der Waals surface area (Å²) in [4.78, 5) is 23.6. The average Bonchev–Trinajstić information content (AvgIpc) is 2.70. The quantitative estimate of drug-likeness (QED) is 0.643. The number of benzene rings is 2. The number of carbonyl (C=O) groups is 2. The van der Waals surface area contributed by atoms with E-state index in [2.05, 4.69) is 5.32 Å². The van der Waals surface area contributed by atoms with Crippen LogP contribution in [0.25, 0.3) is 0 Å². The summed E-state index contributed by atoms with van der Waals surface area (Å²) in [6, 6.07) is 10.5. The fraction of sp³-hybridized carbons (Fsp3) is 0.300. The number of esters is 1. The summed E-state index contributed by atoms with van der Waals surface area (Å²) in [6.45, 7) is 1.39. The van der Waals surface area contributed by atoms with Crippen molar-refractivity contribution in [2.24, 2.45) is 0 Å². The van der Waals surface area contributed by atoms with Gasteiger partial charge in [0.25, 0.3) is 5.91 Å². The van der Waals surface area contributed by atoms with Crippen molar-refractivity contribution in [2.75, 3.05) is 27.4 Å². The number of ether oxygens (including phenoxy) is 4. The molecule has 150 valence electrons. The number of hydrogen-bond acceptors (Lipinski definition) is 6. The van der Waals surface area contributed by atoms with E-state index in [0.29, 0.717) is 22.3 Å². The Bertz CT molecular complexity index is 839. The summed E-state index contributed by atoms with van der Waals surface area (Å²) in [5.74, 6) is 0.444. The molecule has 0 heterocycles. The van der Waals surface area contributed by atoms with E-state index < -0.39 is 18.5 Å². The number of nitrogens with one attached hydrogen (secondary N) is 1. The zero-order valence-corrected chi connectivity index (χ0v) is 16.7. The molecule has 2 rings (SSSR count). The first-order valence-electron chi connectivity index (χ1n) is 8.45. The van der Waals surface area contributed by atoms with Crippen molar-refractivity contribution in [3.8, 4) is 17.2 Å². The van der Waals surface area contributed by atoms with Crippen LogP contribution in [0.5, 0.6) is 17.2 Å². The number of carbonyl (C=O) groups excluding carboxylic acids is 2. The Labute approximate surface area is 168 Å². The molecule has 7 nitrogen and oxygen atoms in total. The van der Waals surface area contributed by atoms with E-state index in [-0.39, 0.29) is 13.2 Å². The Morgan fingerprint density at radius 3 is 2.43 bits per heavy atom. The maximum atomic E-state index is 11.9. The van der Waals surface area contributed by atoms with Gasteiger partial charge in [0.2, 0.25) is 0 Å². The summed E-state index contributed by atoms with van der Waals surface area (Å²) in [5, 5.41) is 3.05. The van der Waals surface area contributed by atoms with E-state index in [1.165, 1.54) is 7.11 Å². The normalized spacial score (nSPS) is 10.1. The van der Waals surface area contributed by atoms with Gasteiger partial charge in [-0.2, -0.15) is 0 Å². The van der Waals surface area contributed by atoms with Gasteiger partial charge in [0.1, 0.15) is 5.75 Å².